The SMILES string of the molecule is Cc1ncsc1-c1ccc([C@H](CN(C)C)NC(=O)[C@@H]2C[C@@H](O)CN2C(=O)[C@@H](NC(=O)CCCCCCCCCC(=O)NCCN2CCN(Cc3cccc(-c4ccc(N5CCN(C)CC5)c(NC(=O)c5c[nH]c(=O)cc5C(F)(F)F)c4)c3)CC2)C(C)(C)C)cc1. The van der Waals surface area contributed by atoms with E-state index in [-0.39, 0.29) is 49.1 Å². The van der Waals surface area contributed by atoms with Crippen molar-refractivity contribution in [3.05, 3.63) is 123 Å². The molecule has 3 aromatic carbocycles. The number of halogens is 3. The molecule has 2 aromatic heterocycles. The minimum atomic E-state index is -4.91. The molecule has 4 atom stereocenters. The Hall–Kier alpha value is -7.02. The van der Waals surface area contributed by atoms with Gasteiger partial charge in [0.25, 0.3) is 5.91 Å². The number of hydrogen-bond donors (Lipinski definition) is 6. The topological polar surface area (TPSA) is 219 Å². The molecule has 90 heavy (non-hydrogen) atoms. The number of piperazine rings is 2. The Morgan fingerprint density at radius 3 is 2.08 bits per heavy atom. The number of amides is 5. The van der Waals surface area contributed by atoms with E-state index < -0.39 is 52.4 Å². The molecule has 3 aliphatic rings. The van der Waals surface area contributed by atoms with E-state index in [0.717, 1.165) is 135 Å². The number of carbonyl (C=O) groups is 5. The second-order valence-electron chi connectivity index (χ2n) is 25.7. The van der Waals surface area contributed by atoms with Crippen LogP contribution >= 0.6 is 11.3 Å². The van der Waals surface area contributed by atoms with Gasteiger partial charge in [-0.3, -0.25) is 38.6 Å². The number of thiazole rings is 1. The van der Waals surface area contributed by atoms with Crippen molar-refractivity contribution in [2.45, 2.75) is 129 Å². The fourth-order valence-electron chi connectivity index (χ4n) is 12.1. The van der Waals surface area contributed by atoms with Gasteiger partial charge >= 0.3 is 6.18 Å². The molecule has 5 amide bonds. The Bertz CT molecular complexity index is 3280. The zero-order valence-corrected chi connectivity index (χ0v) is 54.0. The van der Waals surface area contributed by atoms with Crippen LogP contribution in [0.3, 0.4) is 0 Å². The van der Waals surface area contributed by atoms with Crippen molar-refractivity contribution in [1.82, 2.24) is 50.4 Å². The number of likely N-dealkylation sites (tertiary alicyclic amines) is 1. The van der Waals surface area contributed by atoms with Crippen LogP contribution < -0.4 is 31.7 Å². The molecule has 0 spiro atoms. The molecule has 0 bridgehead atoms. The van der Waals surface area contributed by atoms with Crippen LogP contribution in [0, 0.1) is 12.3 Å². The summed E-state index contributed by atoms with van der Waals surface area (Å²) in [5.74, 6) is -1.90. The summed E-state index contributed by atoms with van der Waals surface area (Å²) in [4.78, 5) is 100. The van der Waals surface area contributed by atoms with Gasteiger partial charge in [-0.1, -0.05) is 101 Å². The maximum absolute atomic E-state index is 14.3. The molecule has 488 valence electrons. The van der Waals surface area contributed by atoms with Gasteiger partial charge in [0.05, 0.1) is 50.7 Å². The fraction of sp³-hybridized carbons (Fsp3) is 0.537. The van der Waals surface area contributed by atoms with Crippen molar-refractivity contribution in [2.75, 3.05) is 110 Å². The van der Waals surface area contributed by atoms with Gasteiger partial charge in [-0.25, -0.2) is 4.98 Å². The third-order valence-corrected chi connectivity index (χ3v) is 18.2. The summed E-state index contributed by atoms with van der Waals surface area (Å²) in [6, 6.07) is 20.1. The number of aliphatic hydroxyl groups is 1. The number of β-amino-alcohol motifs (C(OH)–C–C–N with tert-alkyl or cyclic N) is 1. The van der Waals surface area contributed by atoms with E-state index >= 15 is 0 Å². The lowest BCUT2D eigenvalue weighted by molar-refractivity contribution is -0.144. The van der Waals surface area contributed by atoms with Gasteiger partial charge in [-0.05, 0) is 92.3 Å². The van der Waals surface area contributed by atoms with Crippen molar-refractivity contribution in [3.8, 4) is 21.6 Å². The molecule has 3 aliphatic heterocycles. The minimum Gasteiger partial charge on any atom is -0.391 e. The average Bonchev–Trinajstić information content (AvgIpc) is 1.71. The molecule has 6 N–H and O–H groups in total. The summed E-state index contributed by atoms with van der Waals surface area (Å²) >= 11 is 1.58. The number of carbonyl (C=O) groups excluding carboxylic acids is 5. The molecule has 23 heteroatoms. The number of aryl methyl sites for hydroxylation is 1. The fourth-order valence-corrected chi connectivity index (χ4v) is 12.9. The van der Waals surface area contributed by atoms with E-state index in [1.807, 2.05) is 108 Å². The van der Waals surface area contributed by atoms with Gasteiger partial charge in [0.15, 0.2) is 0 Å². The van der Waals surface area contributed by atoms with E-state index in [2.05, 4.69) is 63.0 Å². The van der Waals surface area contributed by atoms with Crippen LogP contribution in [0.1, 0.15) is 124 Å². The highest BCUT2D eigenvalue weighted by Gasteiger charge is 2.45. The monoisotopic (exact) mass is 1260 g/mol. The molecular formula is C67H91F3N12O7S. The second-order valence-corrected chi connectivity index (χ2v) is 26.6. The largest absolute Gasteiger partial charge is 0.417 e. The molecule has 0 radical (unpaired) electrons. The molecule has 0 aliphatic carbocycles. The van der Waals surface area contributed by atoms with Crippen molar-refractivity contribution >= 4 is 52.2 Å². The van der Waals surface area contributed by atoms with Gasteiger partial charge in [0.1, 0.15) is 12.1 Å². The van der Waals surface area contributed by atoms with Crippen LogP contribution in [-0.2, 0) is 31.9 Å². The highest BCUT2D eigenvalue weighted by molar-refractivity contribution is 7.13. The highest BCUT2D eigenvalue weighted by atomic mass is 32.1. The van der Waals surface area contributed by atoms with Crippen LogP contribution in [0.5, 0.6) is 0 Å². The zero-order chi connectivity index (χ0) is 64.7. The molecular weight excluding hydrogens is 1170 g/mol. The summed E-state index contributed by atoms with van der Waals surface area (Å²) in [5, 5.41) is 22.8. The number of alkyl halides is 3. The predicted molar refractivity (Wildman–Crippen MR) is 347 cm³/mol. The van der Waals surface area contributed by atoms with Crippen LogP contribution in [0.2, 0.25) is 0 Å². The third kappa shape index (κ3) is 19.5. The molecule has 3 fully saturated rings. The second kappa shape index (κ2) is 31.8. The lowest BCUT2D eigenvalue weighted by Crippen LogP contribution is -2.58. The van der Waals surface area contributed by atoms with Crippen molar-refractivity contribution in [2.24, 2.45) is 5.41 Å². The number of benzene rings is 3. The molecule has 5 heterocycles. The normalized spacial score (nSPS) is 17.7. The number of hydrogen-bond acceptors (Lipinski definition) is 14. The van der Waals surface area contributed by atoms with E-state index in [9.17, 15) is 47.0 Å². The molecule has 8 rings (SSSR count). The number of H-pyrrole nitrogens is 1. The van der Waals surface area contributed by atoms with Gasteiger partial charge in [0.2, 0.25) is 29.2 Å². The van der Waals surface area contributed by atoms with E-state index in [1.54, 1.807) is 17.4 Å². The maximum Gasteiger partial charge on any atom is 0.417 e. The Kier molecular flexibility index (Phi) is 24.4. The average molecular weight is 1270 g/mol. The van der Waals surface area contributed by atoms with Crippen LogP contribution in [0.15, 0.2) is 89.3 Å². The lowest BCUT2D eigenvalue weighted by atomic mass is 9.85. The Morgan fingerprint density at radius 1 is 0.789 bits per heavy atom. The number of unbranched alkanes of at least 4 members (excludes halogenated alkanes) is 6. The Balaban J connectivity index is 0.703. The first-order valence-corrected chi connectivity index (χ1v) is 32.5. The van der Waals surface area contributed by atoms with Crippen molar-refractivity contribution < 1.29 is 42.3 Å². The number of aliphatic hydroxyl groups excluding tert-OH is 1. The number of anilines is 2. The summed E-state index contributed by atoms with van der Waals surface area (Å²) in [5.41, 5.74) is 5.00. The third-order valence-electron chi connectivity index (χ3n) is 17.2. The highest BCUT2D eigenvalue weighted by Crippen LogP contribution is 2.36. The Morgan fingerprint density at radius 2 is 1.43 bits per heavy atom. The van der Waals surface area contributed by atoms with Gasteiger partial charge in [-0.2, -0.15) is 13.2 Å². The van der Waals surface area contributed by atoms with E-state index in [4.69, 9.17) is 0 Å². The quantitative estimate of drug-likeness (QED) is 0.0274. The summed E-state index contributed by atoms with van der Waals surface area (Å²) in [6.45, 7) is 16.5. The predicted octanol–water partition coefficient (Wildman–Crippen LogP) is 8.15. The number of nitrogens with one attached hydrogen (secondary N) is 5. The zero-order valence-electron chi connectivity index (χ0n) is 53.2. The van der Waals surface area contributed by atoms with Crippen LogP contribution in [0.25, 0.3) is 21.6 Å². The molecule has 0 saturated carbocycles. The van der Waals surface area contributed by atoms with E-state index in [1.165, 1.54) is 4.90 Å². The minimum absolute atomic E-state index is 0.00326. The summed E-state index contributed by atoms with van der Waals surface area (Å²) in [7, 11) is 5.89. The van der Waals surface area contributed by atoms with Crippen molar-refractivity contribution in [1.29, 1.82) is 0 Å². The maximum atomic E-state index is 14.3. The lowest BCUT2D eigenvalue weighted by Gasteiger charge is -2.36. The Labute approximate surface area is 531 Å². The first-order chi connectivity index (χ1) is 42.9. The molecule has 3 saturated heterocycles. The summed E-state index contributed by atoms with van der Waals surface area (Å²) in [6.07, 6.45) is 2.05. The van der Waals surface area contributed by atoms with Crippen molar-refractivity contribution in [3.63, 3.8) is 0 Å². The van der Waals surface area contributed by atoms with E-state index in [0.29, 0.717) is 56.5 Å². The number of likely N-dealkylation sites (N-methyl/N-ethyl adjacent to an activating group) is 2. The van der Waals surface area contributed by atoms with Crippen LogP contribution in [0.4, 0.5) is 24.5 Å². The smallest absolute Gasteiger partial charge is 0.391 e. The van der Waals surface area contributed by atoms with Gasteiger partial charge < -0.3 is 51.0 Å². The molecule has 19 nitrogen and oxygen atoms in total. The number of pyridine rings is 1. The first-order valence-electron chi connectivity index (χ1n) is 31.6. The standard InChI is InChI=1S/C67H91F3N12O7S/c1-45-61(90-44-73-45)48-22-20-47(21-23-48)55(43-77(5)6)75-64(88)57-38-51(83)42-82(57)65(89)62(66(2,3)4)76-59(85)19-14-12-10-8-9-11-13-18-58(84)71-26-27-79-30-32-80(33-31-79)41-46-16-15-17-49(36-46)50-24-25-56(81-34-28-78(7)29-35-81)54(37-50)74-63(87)52-40-72-60(86)39-53(52)67(68,69)70/h15-17,20-25,36-37,39-40,44,51,55,57,62,83H,8-14,18-19,26-35,38,41-43H2,1-7H3,(H,71,84)(H,72,86)(H,74,87)(H,75,88)(H,76,85)/t51-,55+,57+,62-/m1/s1. The molecule has 5 aromatic rings. The number of aromatic nitrogens is 2. The van der Waals surface area contributed by atoms with Gasteiger partial charge in [0, 0.05) is 117 Å². The number of aromatic amines is 1. The van der Waals surface area contributed by atoms with Gasteiger partial charge in [-0.15, -0.1) is 11.3 Å². The molecule has 0 unspecified atom stereocenters. The van der Waals surface area contributed by atoms with Crippen LogP contribution in [-0.4, -0.2) is 187 Å². The first kappa shape index (κ1) is 68.9. The number of rotatable bonds is 27. The summed E-state index contributed by atoms with van der Waals surface area (Å²) < 4.78 is 41.9. The number of nitrogens with zero attached hydrogens (tertiary/aromatic N) is 7.